The largest absolute Gasteiger partial charge is 0.478 e. The summed E-state index contributed by atoms with van der Waals surface area (Å²) in [7, 11) is 1.62. The van der Waals surface area contributed by atoms with Gasteiger partial charge in [-0.25, -0.2) is 15.0 Å². The molecule has 0 aliphatic carbocycles. The van der Waals surface area contributed by atoms with E-state index in [2.05, 4.69) is 31.1 Å². The van der Waals surface area contributed by atoms with Gasteiger partial charge in [-0.2, -0.15) is 0 Å². The number of nitrogens with one attached hydrogen (secondary N) is 1. The van der Waals surface area contributed by atoms with Crippen LogP contribution >= 0.6 is 0 Å². The molecular weight excluding hydrogens is 340 g/mol. The number of aromatic nitrogens is 3. The zero-order valence-electron chi connectivity index (χ0n) is 17.6. The first-order chi connectivity index (χ1) is 12.9. The second kappa shape index (κ2) is 9.53. The van der Waals surface area contributed by atoms with Crippen LogP contribution in [0.4, 0.5) is 5.82 Å². The Labute approximate surface area is 162 Å². The highest BCUT2D eigenvalue weighted by Gasteiger charge is 2.18. The molecular formula is C21H32N4O2. The van der Waals surface area contributed by atoms with E-state index in [0.29, 0.717) is 23.6 Å². The van der Waals surface area contributed by atoms with Crippen molar-refractivity contribution in [3.63, 3.8) is 0 Å². The predicted octanol–water partition coefficient (Wildman–Crippen LogP) is 4.81. The maximum absolute atomic E-state index is 5.73. The van der Waals surface area contributed by atoms with Gasteiger partial charge in [-0.05, 0) is 46.1 Å². The summed E-state index contributed by atoms with van der Waals surface area (Å²) in [5.41, 5.74) is 3.54. The Morgan fingerprint density at radius 2 is 1.74 bits per heavy atom. The van der Waals surface area contributed by atoms with Gasteiger partial charge in [0.25, 0.3) is 5.88 Å². The van der Waals surface area contributed by atoms with Crippen LogP contribution in [0.3, 0.4) is 0 Å². The third kappa shape index (κ3) is 5.08. The lowest BCUT2D eigenvalue weighted by molar-refractivity contribution is 0.232. The lowest BCUT2D eigenvalue weighted by atomic mass is 10.1. The predicted molar refractivity (Wildman–Crippen MR) is 110 cm³/mol. The maximum atomic E-state index is 5.73. The van der Waals surface area contributed by atoms with E-state index in [9.17, 15) is 0 Å². The quantitative estimate of drug-likeness (QED) is 0.681. The molecule has 0 aliphatic heterocycles. The standard InChI is InChI=1S/C21H32N4O2/c1-8-15(9-2)23-20-21(26-7)25-19(14(6)22-20)16-11-12-18(27-13(4)5)24-17(16)10-3/h11-13,15H,8-10H2,1-7H3,(H,22,23). The lowest BCUT2D eigenvalue weighted by Crippen LogP contribution is -2.19. The summed E-state index contributed by atoms with van der Waals surface area (Å²) in [6.45, 7) is 12.3. The average Bonchev–Trinajstić information content (AvgIpc) is 2.65. The maximum Gasteiger partial charge on any atom is 0.257 e. The topological polar surface area (TPSA) is 69.2 Å². The van der Waals surface area contributed by atoms with Crippen LogP contribution in [0.5, 0.6) is 11.8 Å². The second-order valence-corrected chi connectivity index (χ2v) is 6.84. The number of nitrogens with zero attached hydrogens (tertiary/aromatic N) is 3. The molecule has 0 atom stereocenters. The molecule has 0 fully saturated rings. The van der Waals surface area contributed by atoms with E-state index in [4.69, 9.17) is 19.4 Å². The Bertz CT molecular complexity index is 758. The van der Waals surface area contributed by atoms with Crippen molar-refractivity contribution in [2.75, 3.05) is 12.4 Å². The van der Waals surface area contributed by atoms with Crippen molar-refractivity contribution in [3.8, 4) is 23.0 Å². The number of ether oxygens (including phenoxy) is 2. The molecule has 0 aliphatic rings. The highest BCUT2D eigenvalue weighted by atomic mass is 16.5. The number of hydrogen-bond acceptors (Lipinski definition) is 6. The first-order valence-corrected chi connectivity index (χ1v) is 9.79. The van der Waals surface area contributed by atoms with Crippen LogP contribution in [0.25, 0.3) is 11.3 Å². The highest BCUT2D eigenvalue weighted by Crippen LogP contribution is 2.31. The number of anilines is 1. The fourth-order valence-electron chi connectivity index (χ4n) is 2.96. The number of aryl methyl sites for hydroxylation is 2. The smallest absolute Gasteiger partial charge is 0.257 e. The summed E-state index contributed by atoms with van der Waals surface area (Å²) >= 11 is 0. The molecule has 0 spiro atoms. The molecule has 0 bridgehead atoms. The minimum Gasteiger partial charge on any atom is -0.478 e. The molecule has 6 nitrogen and oxygen atoms in total. The Morgan fingerprint density at radius 3 is 2.30 bits per heavy atom. The Balaban J connectivity index is 2.46. The first-order valence-electron chi connectivity index (χ1n) is 9.79. The van der Waals surface area contributed by atoms with Crippen molar-refractivity contribution in [2.45, 2.75) is 73.0 Å². The van der Waals surface area contributed by atoms with Crippen molar-refractivity contribution >= 4 is 5.82 Å². The normalized spacial score (nSPS) is 11.1. The van der Waals surface area contributed by atoms with E-state index in [1.54, 1.807) is 7.11 Å². The Morgan fingerprint density at radius 1 is 1.04 bits per heavy atom. The van der Waals surface area contributed by atoms with Gasteiger partial charge in [0.05, 0.1) is 30.3 Å². The van der Waals surface area contributed by atoms with Crippen LogP contribution in [0.15, 0.2) is 12.1 Å². The van der Waals surface area contributed by atoms with Gasteiger partial charge >= 0.3 is 0 Å². The van der Waals surface area contributed by atoms with Crippen LogP contribution in [0.1, 0.15) is 58.8 Å². The first kappa shape index (κ1) is 20.9. The summed E-state index contributed by atoms with van der Waals surface area (Å²) in [6, 6.07) is 4.24. The molecule has 2 aromatic heterocycles. The van der Waals surface area contributed by atoms with Crippen LogP contribution in [0.2, 0.25) is 0 Å². The Hall–Kier alpha value is -2.37. The zero-order chi connectivity index (χ0) is 20.0. The molecule has 0 unspecified atom stereocenters. The second-order valence-electron chi connectivity index (χ2n) is 6.84. The van der Waals surface area contributed by atoms with E-state index in [1.807, 2.05) is 32.9 Å². The molecule has 27 heavy (non-hydrogen) atoms. The summed E-state index contributed by atoms with van der Waals surface area (Å²) in [5.74, 6) is 1.83. The molecule has 0 radical (unpaired) electrons. The lowest BCUT2D eigenvalue weighted by Gasteiger charge is -2.19. The molecule has 2 rings (SSSR count). The van der Waals surface area contributed by atoms with Crippen LogP contribution < -0.4 is 14.8 Å². The minimum absolute atomic E-state index is 0.0881. The Kier molecular flexibility index (Phi) is 7.39. The fraction of sp³-hybridized carbons (Fsp3) is 0.571. The summed E-state index contributed by atoms with van der Waals surface area (Å²) < 4.78 is 11.2. The number of hydrogen-bond donors (Lipinski definition) is 1. The minimum atomic E-state index is 0.0881. The molecule has 0 saturated heterocycles. The van der Waals surface area contributed by atoms with Gasteiger partial charge in [0.1, 0.15) is 0 Å². The zero-order valence-corrected chi connectivity index (χ0v) is 17.6. The van der Waals surface area contributed by atoms with E-state index in [0.717, 1.165) is 41.9 Å². The van der Waals surface area contributed by atoms with E-state index in [-0.39, 0.29) is 6.10 Å². The van der Waals surface area contributed by atoms with Gasteiger partial charge in [0, 0.05) is 17.7 Å². The van der Waals surface area contributed by atoms with Crippen LogP contribution in [0, 0.1) is 6.92 Å². The highest BCUT2D eigenvalue weighted by molar-refractivity contribution is 5.67. The van der Waals surface area contributed by atoms with Crippen molar-refractivity contribution in [2.24, 2.45) is 0 Å². The van der Waals surface area contributed by atoms with Crippen molar-refractivity contribution in [1.82, 2.24) is 15.0 Å². The molecule has 6 heteroatoms. The van der Waals surface area contributed by atoms with Gasteiger partial charge in [0.15, 0.2) is 5.82 Å². The molecule has 1 N–H and O–H groups in total. The average molecular weight is 373 g/mol. The molecule has 0 aromatic carbocycles. The number of rotatable bonds is 9. The molecule has 0 saturated carbocycles. The molecule has 2 aromatic rings. The fourth-order valence-corrected chi connectivity index (χ4v) is 2.96. The van der Waals surface area contributed by atoms with E-state index < -0.39 is 0 Å². The van der Waals surface area contributed by atoms with Gasteiger partial charge < -0.3 is 14.8 Å². The van der Waals surface area contributed by atoms with Crippen LogP contribution in [-0.4, -0.2) is 34.2 Å². The van der Waals surface area contributed by atoms with Crippen LogP contribution in [-0.2, 0) is 6.42 Å². The number of methoxy groups -OCH3 is 1. The molecule has 148 valence electrons. The van der Waals surface area contributed by atoms with Crippen molar-refractivity contribution < 1.29 is 9.47 Å². The summed E-state index contributed by atoms with van der Waals surface area (Å²) in [6.07, 6.45) is 2.90. The monoisotopic (exact) mass is 372 g/mol. The van der Waals surface area contributed by atoms with Gasteiger partial charge in [-0.3, -0.25) is 0 Å². The SMILES string of the molecule is CCc1nc(OC(C)C)ccc1-c1nc(OC)c(NC(CC)CC)nc1C. The summed E-state index contributed by atoms with van der Waals surface area (Å²) in [5, 5.41) is 3.44. The summed E-state index contributed by atoms with van der Waals surface area (Å²) in [4.78, 5) is 14.2. The van der Waals surface area contributed by atoms with E-state index >= 15 is 0 Å². The third-order valence-corrected chi connectivity index (χ3v) is 4.45. The van der Waals surface area contributed by atoms with E-state index in [1.165, 1.54) is 0 Å². The molecule has 0 amide bonds. The van der Waals surface area contributed by atoms with Gasteiger partial charge in [-0.1, -0.05) is 20.8 Å². The van der Waals surface area contributed by atoms with Crippen molar-refractivity contribution in [1.29, 1.82) is 0 Å². The molecule has 2 heterocycles. The van der Waals surface area contributed by atoms with Gasteiger partial charge in [-0.15, -0.1) is 0 Å². The van der Waals surface area contributed by atoms with Crippen molar-refractivity contribution in [3.05, 3.63) is 23.5 Å². The van der Waals surface area contributed by atoms with Gasteiger partial charge in [0.2, 0.25) is 5.88 Å². The number of pyridine rings is 1. The third-order valence-electron chi connectivity index (χ3n) is 4.45.